The fourth-order valence-electron chi connectivity index (χ4n) is 9.18. The predicted molar refractivity (Wildman–Crippen MR) is 254 cm³/mol. The van der Waals surface area contributed by atoms with Crippen molar-refractivity contribution in [3.05, 3.63) is 198 Å². The first-order chi connectivity index (χ1) is 29.8. The third-order valence-corrected chi connectivity index (χ3v) is 11.8. The molecule has 3 heterocycles. The summed E-state index contributed by atoms with van der Waals surface area (Å²) in [5.41, 5.74) is 18.8. The maximum atomic E-state index is 6.68. The zero-order valence-corrected chi connectivity index (χ0v) is 34.5. The number of para-hydroxylation sites is 2. The van der Waals surface area contributed by atoms with Gasteiger partial charge < -0.3 is 4.42 Å². The second kappa shape index (κ2) is 14.5. The van der Waals surface area contributed by atoms with Crippen LogP contribution in [0, 0.1) is 27.7 Å². The Morgan fingerprint density at radius 3 is 1.59 bits per heavy atom. The molecule has 0 bridgehead atoms. The summed E-state index contributed by atoms with van der Waals surface area (Å²) in [5, 5.41) is 5.50. The van der Waals surface area contributed by atoms with Gasteiger partial charge in [-0.1, -0.05) is 150 Å². The molecule has 4 nitrogen and oxygen atoms in total. The monoisotopic (exact) mass is 783 g/mol. The predicted octanol–water partition coefficient (Wildman–Crippen LogP) is 15.3. The summed E-state index contributed by atoms with van der Waals surface area (Å²) in [6, 6.07) is 62.5. The first-order valence-corrected chi connectivity index (χ1v) is 20.8. The van der Waals surface area contributed by atoms with Crippen molar-refractivity contribution in [3.63, 3.8) is 0 Å². The number of aryl methyl sites for hydroxylation is 4. The maximum Gasteiger partial charge on any atom is 0.160 e. The Hall–Kier alpha value is -7.69. The second-order valence-corrected chi connectivity index (χ2v) is 16.4. The van der Waals surface area contributed by atoms with Gasteiger partial charge in [0, 0.05) is 54.7 Å². The van der Waals surface area contributed by atoms with Crippen LogP contribution in [0.2, 0.25) is 0 Å². The van der Waals surface area contributed by atoms with Crippen LogP contribution < -0.4 is 0 Å². The average molecular weight is 784 g/mol. The summed E-state index contributed by atoms with van der Waals surface area (Å²) < 4.78 is 6.68. The minimum Gasteiger partial charge on any atom is -0.456 e. The Morgan fingerprint density at radius 2 is 0.885 bits per heavy atom. The molecule has 0 saturated carbocycles. The van der Waals surface area contributed by atoms with Crippen molar-refractivity contribution >= 4 is 43.6 Å². The van der Waals surface area contributed by atoms with Crippen LogP contribution in [0.1, 0.15) is 22.3 Å². The molecule has 0 aliphatic carbocycles. The Bertz CT molecular complexity index is 3380. The number of benzene rings is 8. The lowest BCUT2D eigenvalue weighted by molar-refractivity contribution is 0.669. The molecule has 0 atom stereocenters. The van der Waals surface area contributed by atoms with Gasteiger partial charge in [0.15, 0.2) is 5.82 Å². The number of aromatic nitrogens is 3. The van der Waals surface area contributed by atoms with Crippen molar-refractivity contribution in [2.45, 2.75) is 27.7 Å². The van der Waals surface area contributed by atoms with Crippen LogP contribution in [0.4, 0.5) is 0 Å². The lowest BCUT2D eigenvalue weighted by Crippen LogP contribution is -1.97. The molecule has 0 saturated heterocycles. The van der Waals surface area contributed by atoms with Crippen molar-refractivity contribution in [1.82, 2.24) is 15.0 Å². The number of pyridine rings is 1. The van der Waals surface area contributed by atoms with E-state index in [-0.39, 0.29) is 0 Å². The SMILES string of the molecule is Cc1cc(C)cc(-c2cc(-c3ccc(-c4nc5ccccc5c5c(-c6ccc(-c7ccccc7)cc6)c6c(cc45)oc4ccccc46)cc3)nc(-c3cc(C)cc(C)c3)n2)c1. The molecule has 290 valence electrons. The highest BCUT2D eigenvalue weighted by atomic mass is 16.3. The van der Waals surface area contributed by atoms with E-state index in [1.165, 1.54) is 33.4 Å². The zero-order valence-electron chi connectivity index (χ0n) is 34.5. The average Bonchev–Trinajstić information content (AvgIpc) is 3.66. The molecule has 61 heavy (non-hydrogen) atoms. The van der Waals surface area contributed by atoms with E-state index in [9.17, 15) is 0 Å². The quantitative estimate of drug-likeness (QED) is 0.158. The lowest BCUT2D eigenvalue weighted by Gasteiger charge is -2.16. The van der Waals surface area contributed by atoms with Gasteiger partial charge in [-0.15, -0.1) is 0 Å². The number of furan rings is 1. The van der Waals surface area contributed by atoms with Gasteiger partial charge in [-0.3, -0.25) is 0 Å². The molecule has 0 amide bonds. The number of fused-ring (bicyclic) bond motifs is 6. The number of rotatable bonds is 6. The minimum atomic E-state index is 0.712. The third-order valence-electron chi connectivity index (χ3n) is 11.8. The van der Waals surface area contributed by atoms with Crippen LogP contribution in [-0.4, -0.2) is 15.0 Å². The minimum absolute atomic E-state index is 0.712. The topological polar surface area (TPSA) is 51.8 Å². The van der Waals surface area contributed by atoms with Gasteiger partial charge in [-0.25, -0.2) is 15.0 Å². The van der Waals surface area contributed by atoms with E-state index >= 15 is 0 Å². The standard InChI is InChI=1S/C57H41N3O/c1-34-26-35(2)29-43(28-34)50-33-49(59-57(60-50)44-30-36(3)27-37(4)31-44)40-20-24-42(25-21-40)56-47-32-52-55(46-15-9-11-17-51(46)61-52)53(54(47)45-14-8-10-16-48(45)58-56)41-22-18-39(19-23-41)38-12-6-5-7-13-38/h5-33H,1-4H3. The first kappa shape index (κ1) is 36.4. The summed E-state index contributed by atoms with van der Waals surface area (Å²) in [7, 11) is 0. The molecule has 11 aromatic rings. The molecule has 3 aromatic heterocycles. The Morgan fingerprint density at radius 1 is 0.344 bits per heavy atom. The number of hydrogen-bond acceptors (Lipinski definition) is 4. The van der Waals surface area contributed by atoms with Crippen molar-refractivity contribution in [2.24, 2.45) is 0 Å². The van der Waals surface area contributed by atoms with Gasteiger partial charge in [0.1, 0.15) is 11.2 Å². The molecule has 0 aliphatic heterocycles. The van der Waals surface area contributed by atoms with E-state index in [0.717, 1.165) is 94.1 Å². The fraction of sp³-hybridized carbons (Fsp3) is 0.0702. The molecule has 0 unspecified atom stereocenters. The van der Waals surface area contributed by atoms with Gasteiger partial charge in [-0.05, 0) is 92.9 Å². The largest absolute Gasteiger partial charge is 0.456 e. The van der Waals surface area contributed by atoms with Crippen LogP contribution in [0.15, 0.2) is 180 Å². The van der Waals surface area contributed by atoms with E-state index in [1.54, 1.807) is 0 Å². The fourth-order valence-corrected chi connectivity index (χ4v) is 9.18. The van der Waals surface area contributed by atoms with E-state index in [0.29, 0.717) is 5.82 Å². The summed E-state index contributed by atoms with van der Waals surface area (Å²) in [5.74, 6) is 0.712. The van der Waals surface area contributed by atoms with Crippen molar-refractivity contribution in [1.29, 1.82) is 0 Å². The van der Waals surface area contributed by atoms with Crippen LogP contribution in [0.25, 0.3) is 111 Å². The molecule has 0 N–H and O–H groups in total. The highest BCUT2D eigenvalue weighted by Gasteiger charge is 2.22. The summed E-state index contributed by atoms with van der Waals surface area (Å²) >= 11 is 0. The second-order valence-electron chi connectivity index (χ2n) is 16.4. The van der Waals surface area contributed by atoms with Crippen molar-refractivity contribution < 1.29 is 4.42 Å². The summed E-state index contributed by atoms with van der Waals surface area (Å²) in [6.45, 7) is 8.52. The van der Waals surface area contributed by atoms with Gasteiger partial charge in [0.25, 0.3) is 0 Å². The lowest BCUT2D eigenvalue weighted by atomic mass is 9.89. The maximum absolute atomic E-state index is 6.68. The third kappa shape index (κ3) is 6.54. The van der Waals surface area contributed by atoms with E-state index < -0.39 is 0 Å². The van der Waals surface area contributed by atoms with Crippen LogP contribution in [0.5, 0.6) is 0 Å². The number of nitrogens with zero attached hydrogens (tertiary/aromatic N) is 3. The molecule has 4 heteroatoms. The van der Waals surface area contributed by atoms with Gasteiger partial charge in [0.2, 0.25) is 0 Å². The number of hydrogen-bond donors (Lipinski definition) is 0. The van der Waals surface area contributed by atoms with E-state index in [4.69, 9.17) is 19.4 Å². The molecule has 11 rings (SSSR count). The zero-order chi connectivity index (χ0) is 41.2. The van der Waals surface area contributed by atoms with Gasteiger partial charge >= 0.3 is 0 Å². The Labute approximate surface area is 354 Å². The van der Waals surface area contributed by atoms with Crippen LogP contribution >= 0.6 is 0 Å². The normalized spacial score (nSPS) is 11.6. The van der Waals surface area contributed by atoms with Crippen LogP contribution in [0.3, 0.4) is 0 Å². The molecular formula is C57H41N3O. The van der Waals surface area contributed by atoms with E-state index in [1.807, 2.05) is 6.07 Å². The summed E-state index contributed by atoms with van der Waals surface area (Å²) in [6.07, 6.45) is 0. The smallest absolute Gasteiger partial charge is 0.160 e. The first-order valence-electron chi connectivity index (χ1n) is 20.8. The summed E-state index contributed by atoms with van der Waals surface area (Å²) in [4.78, 5) is 15.8. The van der Waals surface area contributed by atoms with Crippen molar-refractivity contribution in [3.8, 4) is 67.4 Å². The molecule has 0 fully saturated rings. The molecular weight excluding hydrogens is 743 g/mol. The molecule has 8 aromatic carbocycles. The Kier molecular flexibility index (Phi) is 8.68. The molecule has 0 spiro atoms. The molecule has 0 aliphatic rings. The van der Waals surface area contributed by atoms with E-state index in [2.05, 4.69) is 198 Å². The highest BCUT2D eigenvalue weighted by molar-refractivity contribution is 6.27. The highest BCUT2D eigenvalue weighted by Crippen LogP contribution is 2.46. The molecule has 0 radical (unpaired) electrons. The van der Waals surface area contributed by atoms with Gasteiger partial charge in [0.05, 0.1) is 22.6 Å². The van der Waals surface area contributed by atoms with Crippen molar-refractivity contribution in [2.75, 3.05) is 0 Å². The van der Waals surface area contributed by atoms with Crippen LogP contribution in [-0.2, 0) is 0 Å². The van der Waals surface area contributed by atoms with Gasteiger partial charge in [-0.2, -0.15) is 0 Å². The Balaban J connectivity index is 1.11.